The summed E-state index contributed by atoms with van der Waals surface area (Å²) in [7, 11) is 0. The molecule has 0 aromatic heterocycles. The molecular formula is C28H29NO3. The maximum Gasteiger partial charge on any atom is 0.343 e. The third kappa shape index (κ3) is 6.99. The Morgan fingerprint density at radius 2 is 1.47 bits per heavy atom. The molecule has 0 amide bonds. The molecule has 4 heteroatoms. The predicted molar refractivity (Wildman–Crippen MR) is 127 cm³/mol. The average Bonchev–Trinajstić information content (AvgIpc) is 2.84. The summed E-state index contributed by atoms with van der Waals surface area (Å²) in [6.07, 6.45) is 7.50. The summed E-state index contributed by atoms with van der Waals surface area (Å²) in [4.78, 5) is 12.4. The Morgan fingerprint density at radius 1 is 0.812 bits per heavy atom. The molecule has 0 aliphatic carbocycles. The Morgan fingerprint density at radius 3 is 2.16 bits per heavy atom. The van der Waals surface area contributed by atoms with Crippen molar-refractivity contribution in [1.29, 1.82) is 5.26 Å². The lowest BCUT2D eigenvalue weighted by molar-refractivity contribution is 0.0735. The number of rotatable bonds is 11. The van der Waals surface area contributed by atoms with Gasteiger partial charge in [-0.15, -0.1) is 0 Å². The zero-order chi connectivity index (χ0) is 22.6. The second kappa shape index (κ2) is 12.3. The molecule has 3 aromatic carbocycles. The van der Waals surface area contributed by atoms with Gasteiger partial charge in [-0.05, 0) is 60.0 Å². The first-order valence-electron chi connectivity index (χ1n) is 11.2. The normalized spacial score (nSPS) is 10.4. The van der Waals surface area contributed by atoms with Gasteiger partial charge in [0.05, 0.1) is 23.8 Å². The molecule has 0 heterocycles. The van der Waals surface area contributed by atoms with Crippen LogP contribution in [0.1, 0.15) is 61.4 Å². The first-order valence-corrected chi connectivity index (χ1v) is 11.2. The Balaban J connectivity index is 1.51. The SMILES string of the molecule is CCCCCCCCOc1ccc(-c2ccc(C(=O)Oc3cccc(C#N)c3)cc2)cc1. The summed E-state index contributed by atoms with van der Waals surface area (Å²) in [5.41, 5.74) is 2.97. The Hall–Kier alpha value is -3.58. The lowest BCUT2D eigenvalue weighted by Gasteiger charge is -2.08. The molecule has 0 aliphatic rings. The van der Waals surface area contributed by atoms with Gasteiger partial charge in [-0.2, -0.15) is 5.26 Å². The zero-order valence-corrected chi connectivity index (χ0v) is 18.5. The first kappa shape index (κ1) is 23.1. The predicted octanol–water partition coefficient (Wildman–Crippen LogP) is 7.18. The van der Waals surface area contributed by atoms with E-state index in [4.69, 9.17) is 14.7 Å². The number of hydrogen-bond donors (Lipinski definition) is 0. The molecule has 0 fully saturated rings. The monoisotopic (exact) mass is 427 g/mol. The molecule has 0 bridgehead atoms. The maximum absolute atomic E-state index is 12.4. The summed E-state index contributed by atoms with van der Waals surface area (Å²) in [5.74, 6) is 0.780. The van der Waals surface area contributed by atoms with Crippen LogP contribution >= 0.6 is 0 Å². The topological polar surface area (TPSA) is 59.3 Å². The van der Waals surface area contributed by atoms with Gasteiger partial charge in [0.15, 0.2) is 0 Å². The molecule has 32 heavy (non-hydrogen) atoms. The number of nitrogens with zero attached hydrogens (tertiary/aromatic N) is 1. The van der Waals surface area contributed by atoms with Gasteiger partial charge < -0.3 is 9.47 Å². The van der Waals surface area contributed by atoms with E-state index in [-0.39, 0.29) is 0 Å². The van der Waals surface area contributed by atoms with Crippen molar-refractivity contribution in [2.75, 3.05) is 6.61 Å². The molecule has 4 nitrogen and oxygen atoms in total. The summed E-state index contributed by atoms with van der Waals surface area (Å²) >= 11 is 0. The summed E-state index contributed by atoms with van der Waals surface area (Å²) in [5, 5.41) is 8.96. The maximum atomic E-state index is 12.4. The highest BCUT2D eigenvalue weighted by Gasteiger charge is 2.09. The third-order valence-corrected chi connectivity index (χ3v) is 5.25. The van der Waals surface area contributed by atoms with Crippen LogP contribution in [0.25, 0.3) is 11.1 Å². The lowest BCUT2D eigenvalue weighted by Crippen LogP contribution is -2.08. The highest BCUT2D eigenvalue weighted by molar-refractivity contribution is 5.91. The van der Waals surface area contributed by atoms with Crippen molar-refractivity contribution in [3.63, 3.8) is 0 Å². The lowest BCUT2D eigenvalue weighted by atomic mass is 10.0. The average molecular weight is 428 g/mol. The molecule has 0 radical (unpaired) electrons. The third-order valence-electron chi connectivity index (χ3n) is 5.25. The Labute approximate surface area is 190 Å². The molecule has 3 aromatic rings. The smallest absolute Gasteiger partial charge is 0.343 e. The van der Waals surface area contributed by atoms with Gasteiger partial charge >= 0.3 is 5.97 Å². The molecule has 0 unspecified atom stereocenters. The van der Waals surface area contributed by atoms with Crippen LogP contribution < -0.4 is 9.47 Å². The van der Waals surface area contributed by atoms with Gasteiger partial charge in [0.2, 0.25) is 0 Å². The van der Waals surface area contributed by atoms with Crippen LogP contribution in [0.2, 0.25) is 0 Å². The number of nitriles is 1. The minimum absolute atomic E-state index is 0.356. The first-order chi connectivity index (χ1) is 15.7. The van der Waals surface area contributed by atoms with E-state index in [0.29, 0.717) is 16.9 Å². The van der Waals surface area contributed by atoms with Crippen LogP contribution in [0.5, 0.6) is 11.5 Å². The number of carbonyl (C=O) groups is 1. The van der Waals surface area contributed by atoms with Crippen molar-refractivity contribution in [2.45, 2.75) is 45.4 Å². The van der Waals surface area contributed by atoms with E-state index >= 15 is 0 Å². The quantitative estimate of drug-likeness (QED) is 0.185. The highest BCUT2D eigenvalue weighted by Crippen LogP contribution is 2.24. The van der Waals surface area contributed by atoms with E-state index in [1.165, 1.54) is 32.1 Å². The fourth-order valence-electron chi connectivity index (χ4n) is 3.41. The Kier molecular flexibility index (Phi) is 8.89. The van der Waals surface area contributed by atoms with Crippen molar-refractivity contribution in [1.82, 2.24) is 0 Å². The van der Waals surface area contributed by atoms with E-state index in [2.05, 4.69) is 6.92 Å². The molecule has 0 saturated heterocycles. The van der Waals surface area contributed by atoms with Gasteiger partial charge in [0.25, 0.3) is 0 Å². The van der Waals surface area contributed by atoms with Gasteiger partial charge in [-0.1, -0.05) is 69.4 Å². The van der Waals surface area contributed by atoms with Gasteiger partial charge in [-0.25, -0.2) is 4.79 Å². The number of esters is 1. The fraction of sp³-hybridized carbons (Fsp3) is 0.286. The largest absolute Gasteiger partial charge is 0.494 e. The molecule has 3 rings (SSSR count). The van der Waals surface area contributed by atoms with Crippen molar-refractivity contribution in [3.05, 3.63) is 83.9 Å². The fourth-order valence-corrected chi connectivity index (χ4v) is 3.41. The summed E-state index contributed by atoms with van der Waals surface area (Å²) in [6.45, 7) is 2.98. The van der Waals surface area contributed by atoms with Crippen LogP contribution in [-0.4, -0.2) is 12.6 Å². The van der Waals surface area contributed by atoms with E-state index in [0.717, 1.165) is 29.9 Å². The van der Waals surface area contributed by atoms with Crippen LogP contribution in [0.15, 0.2) is 72.8 Å². The van der Waals surface area contributed by atoms with E-state index in [1.807, 2.05) is 42.5 Å². The zero-order valence-electron chi connectivity index (χ0n) is 18.5. The van der Waals surface area contributed by atoms with Crippen LogP contribution in [0, 0.1) is 11.3 Å². The van der Waals surface area contributed by atoms with Crippen LogP contribution in [0.4, 0.5) is 0 Å². The van der Waals surface area contributed by atoms with E-state index in [9.17, 15) is 4.79 Å². The number of unbranched alkanes of at least 4 members (excludes halogenated alkanes) is 5. The molecule has 164 valence electrons. The molecule has 0 aliphatic heterocycles. The van der Waals surface area contributed by atoms with Crippen molar-refractivity contribution >= 4 is 5.97 Å². The second-order valence-corrected chi connectivity index (χ2v) is 7.75. The number of benzene rings is 3. The van der Waals surface area contributed by atoms with Crippen molar-refractivity contribution in [3.8, 4) is 28.7 Å². The minimum Gasteiger partial charge on any atom is -0.494 e. The standard InChI is InChI=1S/C28H29NO3/c1-2-3-4-5-6-7-19-31-26-17-15-24(16-18-26)23-11-13-25(14-12-23)28(30)32-27-10-8-9-22(20-27)21-29/h8-18,20H,2-7,19H2,1H3. The van der Waals surface area contributed by atoms with Crippen LogP contribution in [0.3, 0.4) is 0 Å². The van der Waals surface area contributed by atoms with E-state index < -0.39 is 5.97 Å². The van der Waals surface area contributed by atoms with Crippen molar-refractivity contribution in [2.24, 2.45) is 0 Å². The second-order valence-electron chi connectivity index (χ2n) is 7.75. The number of ether oxygens (including phenoxy) is 2. The summed E-state index contributed by atoms with van der Waals surface area (Å²) in [6, 6.07) is 23.9. The molecular weight excluding hydrogens is 398 g/mol. The van der Waals surface area contributed by atoms with Gasteiger partial charge in [0, 0.05) is 0 Å². The van der Waals surface area contributed by atoms with Gasteiger partial charge in [0.1, 0.15) is 11.5 Å². The molecule has 0 N–H and O–H groups in total. The minimum atomic E-state index is -0.454. The molecule has 0 saturated carbocycles. The summed E-state index contributed by atoms with van der Waals surface area (Å²) < 4.78 is 11.2. The van der Waals surface area contributed by atoms with E-state index in [1.54, 1.807) is 36.4 Å². The van der Waals surface area contributed by atoms with Crippen molar-refractivity contribution < 1.29 is 14.3 Å². The number of hydrogen-bond acceptors (Lipinski definition) is 4. The Bertz CT molecular complexity index is 1030. The molecule has 0 spiro atoms. The number of carbonyl (C=O) groups excluding carboxylic acids is 1. The highest BCUT2D eigenvalue weighted by atomic mass is 16.5. The van der Waals surface area contributed by atoms with Gasteiger partial charge in [-0.3, -0.25) is 0 Å². The molecule has 0 atom stereocenters. The van der Waals surface area contributed by atoms with Crippen LogP contribution in [-0.2, 0) is 0 Å².